The van der Waals surface area contributed by atoms with Crippen LogP contribution in [0.3, 0.4) is 0 Å². The molecule has 0 aliphatic heterocycles. The molecule has 1 saturated carbocycles. The predicted molar refractivity (Wildman–Crippen MR) is 65.5 cm³/mol. The quantitative estimate of drug-likeness (QED) is 0.838. The highest BCUT2D eigenvalue weighted by molar-refractivity contribution is 5.88. The van der Waals surface area contributed by atoms with Crippen LogP contribution >= 0.6 is 0 Å². The molecule has 1 aliphatic carbocycles. The van der Waals surface area contributed by atoms with Gasteiger partial charge >= 0.3 is 5.97 Å². The largest absolute Gasteiger partial charge is 0.478 e. The van der Waals surface area contributed by atoms with Gasteiger partial charge in [-0.15, -0.1) is 0 Å². The standard InChI is InChI=1S/C13H19NO4/c1-13(2)10(6-11(13)17-3)14-7-9-8(12(15)16)4-5-18-9/h4-5,10-11,14H,6-7H2,1-3H3,(H,15,16). The molecule has 0 saturated heterocycles. The summed E-state index contributed by atoms with van der Waals surface area (Å²) in [6.07, 6.45) is 2.60. The second-order valence-electron chi connectivity index (χ2n) is 5.28. The molecule has 5 heteroatoms. The maximum absolute atomic E-state index is 10.9. The normalized spacial score (nSPS) is 25.7. The maximum atomic E-state index is 10.9. The van der Waals surface area contributed by atoms with Crippen LogP contribution in [-0.2, 0) is 11.3 Å². The number of carboxylic acids is 1. The highest BCUT2D eigenvalue weighted by Gasteiger charge is 2.48. The first-order valence-electron chi connectivity index (χ1n) is 6.02. The Labute approximate surface area is 106 Å². The summed E-state index contributed by atoms with van der Waals surface area (Å²) in [7, 11) is 1.72. The summed E-state index contributed by atoms with van der Waals surface area (Å²) in [6.45, 7) is 4.71. The Hall–Kier alpha value is -1.33. The number of ether oxygens (including phenoxy) is 1. The molecule has 2 N–H and O–H groups in total. The van der Waals surface area contributed by atoms with E-state index in [2.05, 4.69) is 19.2 Å². The first kappa shape index (κ1) is 13.1. The molecule has 2 rings (SSSR count). The van der Waals surface area contributed by atoms with Gasteiger partial charge in [0.25, 0.3) is 0 Å². The lowest BCUT2D eigenvalue weighted by Gasteiger charge is -2.51. The van der Waals surface area contributed by atoms with Gasteiger partial charge in [-0.3, -0.25) is 0 Å². The van der Waals surface area contributed by atoms with E-state index in [1.807, 2.05) is 0 Å². The summed E-state index contributed by atoms with van der Waals surface area (Å²) >= 11 is 0. The lowest BCUT2D eigenvalue weighted by atomic mass is 9.64. The molecule has 0 aromatic carbocycles. The van der Waals surface area contributed by atoms with E-state index in [0.717, 1.165) is 6.42 Å². The van der Waals surface area contributed by atoms with Crippen molar-refractivity contribution in [1.29, 1.82) is 0 Å². The average molecular weight is 253 g/mol. The Morgan fingerprint density at radius 3 is 2.94 bits per heavy atom. The van der Waals surface area contributed by atoms with Crippen molar-refractivity contribution < 1.29 is 19.1 Å². The zero-order valence-corrected chi connectivity index (χ0v) is 10.9. The van der Waals surface area contributed by atoms with E-state index in [9.17, 15) is 4.79 Å². The van der Waals surface area contributed by atoms with Crippen molar-refractivity contribution in [2.75, 3.05) is 7.11 Å². The zero-order chi connectivity index (χ0) is 13.3. The van der Waals surface area contributed by atoms with Gasteiger partial charge in [-0.1, -0.05) is 13.8 Å². The van der Waals surface area contributed by atoms with E-state index in [-0.39, 0.29) is 17.1 Å². The summed E-state index contributed by atoms with van der Waals surface area (Å²) < 4.78 is 10.6. The molecule has 1 heterocycles. The number of carboxylic acid groups (broad SMARTS) is 1. The van der Waals surface area contributed by atoms with Crippen molar-refractivity contribution in [3.05, 3.63) is 23.7 Å². The highest BCUT2D eigenvalue weighted by Crippen LogP contribution is 2.42. The molecule has 2 atom stereocenters. The molecule has 5 nitrogen and oxygen atoms in total. The molecular weight excluding hydrogens is 234 g/mol. The predicted octanol–water partition coefficient (Wildman–Crippen LogP) is 1.88. The molecule has 0 spiro atoms. The Kier molecular flexibility index (Phi) is 3.45. The molecule has 18 heavy (non-hydrogen) atoms. The second-order valence-corrected chi connectivity index (χ2v) is 5.28. The van der Waals surface area contributed by atoms with Gasteiger partial charge in [0.1, 0.15) is 11.3 Å². The lowest BCUT2D eigenvalue weighted by molar-refractivity contribution is -0.0982. The Bertz CT molecular complexity index is 438. The number of hydrogen-bond donors (Lipinski definition) is 2. The summed E-state index contributed by atoms with van der Waals surface area (Å²) in [5, 5.41) is 12.3. The van der Waals surface area contributed by atoms with Crippen LogP contribution in [0.4, 0.5) is 0 Å². The fourth-order valence-electron chi connectivity index (χ4n) is 2.52. The summed E-state index contributed by atoms with van der Waals surface area (Å²) in [6, 6.07) is 1.79. The van der Waals surface area contributed by atoms with Gasteiger partial charge in [-0.2, -0.15) is 0 Å². The fraction of sp³-hybridized carbons (Fsp3) is 0.615. The summed E-state index contributed by atoms with van der Waals surface area (Å²) in [5.41, 5.74) is 0.285. The SMILES string of the molecule is COC1CC(NCc2occc2C(=O)O)C1(C)C. The molecule has 1 fully saturated rings. The smallest absolute Gasteiger partial charge is 0.339 e. The maximum Gasteiger partial charge on any atom is 0.339 e. The Balaban J connectivity index is 1.93. The van der Waals surface area contributed by atoms with Crippen molar-refractivity contribution >= 4 is 5.97 Å². The zero-order valence-electron chi connectivity index (χ0n) is 10.9. The minimum absolute atomic E-state index is 0.0602. The number of nitrogens with one attached hydrogen (secondary N) is 1. The van der Waals surface area contributed by atoms with E-state index in [4.69, 9.17) is 14.3 Å². The minimum atomic E-state index is -0.955. The van der Waals surface area contributed by atoms with Crippen molar-refractivity contribution in [3.8, 4) is 0 Å². The van der Waals surface area contributed by atoms with Gasteiger partial charge in [0.2, 0.25) is 0 Å². The third-order valence-corrected chi connectivity index (χ3v) is 3.95. The fourth-order valence-corrected chi connectivity index (χ4v) is 2.52. The molecule has 1 aliphatic rings. The number of carbonyl (C=O) groups is 1. The third-order valence-electron chi connectivity index (χ3n) is 3.95. The first-order valence-corrected chi connectivity index (χ1v) is 6.02. The number of furan rings is 1. The monoisotopic (exact) mass is 253 g/mol. The Morgan fingerprint density at radius 2 is 2.39 bits per heavy atom. The van der Waals surface area contributed by atoms with E-state index >= 15 is 0 Å². The minimum Gasteiger partial charge on any atom is -0.478 e. The van der Waals surface area contributed by atoms with E-state index < -0.39 is 5.97 Å². The van der Waals surface area contributed by atoms with Gasteiger partial charge in [0, 0.05) is 18.6 Å². The molecular formula is C13H19NO4. The first-order chi connectivity index (χ1) is 8.46. The van der Waals surface area contributed by atoms with Crippen LogP contribution in [0.1, 0.15) is 36.4 Å². The third kappa shape index (κ3) is 2.15. The molecule has 0 radical (unpaired) electrons. The van der Waals surface area contributed by atoms with Crippen LogP contribution < -0.4 is 5.32 Å². The van der Waals surface area contributed by atoms with E-state index in [1.165, 1.54) is 12.3 Å². The van der Waals surface area contributed by atoms with Crippen LogP contribution in [0.5, 0.6) is 0 Å². The average Bonchev–Trinajstić information content (AvgIpc) is 2.76. The number of aromatic carboxylic acids is 1. The summed E-state index contributed by atoms with van der Waals surface area (Å²) in [5.74, 6) is -0.484. The van der Waals surface area contributed by atoms with Gasteiger partial charge in [0.15, 0.2) is 0 Å². The van der Waals surface area contributed by atoms with Gasteiger partial charge in [0.05, 0.1) is 18.9 Å². The van der Waals surface area contributed by atoms with Crippen molar-refractivity contribution in [2.24, 2.45) is 5.41 Å². The van der Waals surface area contributed by atoms with E-state index in [1.54, 1.807) is 7.11 Å². The molecule has 1 aromatic heterocycles. The van der Waals surface area contributed by atoms with Crippen LogP contribution in [0, 0.1) is 5.41 Å². The second kappa shape index (κ2) is 4.74. The number of methoxy groups -OCH3 is 1. The van der Waals surface area contributed by atoms with E-state index in [0.29, 0.717) is 18.3 Å². The van der Waals surface area contributed by atoms with Crippen molar-refractivity contribution in [2.45, 2.75) is 39.0 Å². The van der Waals surface area contributed by atoms with Crippen molar-refractivity contribution in [3.63, 3.8) is 0 Å². The lowest BCUT2D eigenvalue weighted by Crippen LogP contribution is -2.60. The molecule has 0 bridgehead atoms. The highest BCUT2D eigenvalue weighted by atomic mass is 16.5. The number of rotatable bonds is 5. The topological polar surface area (TPSA) is 71.7 Å². The van der Waals surface area contributed by atoms with Crippen molar-refractivity contribution in [1.82, 2.24) is 5.32 Å². The number of hydrogen-bond acceptors (Lipinski definition) is 4. The Morgan fingerprint density at radius 1 is 1.67 bits per heavy atom. The molecule has 1 aromatic rings. The van der Waals surface area contributed by atoms with Crippen LogP contribution in [0.15, 0.2) is 16.7 Å². The van der Waals surface area contributed by atoms with Gasteiger partial charge < -0.3 is 19.6 Å². The van der Waals surface area contributed by atoms with Gasteiger partial charge in [-0.25, -0.2) is 4.79 Å². The van der Waals surface area contributed by atoms with Gasteiger partial charge in [-0.05, 0) is 12.5 Å². The molecule has 2 unspecified atom stereocenters. The van der Waals surface area contributed by atoms with Crippen LogP contribution in [0.2, 0.25) is 0 Å². The molecule has 100 valence electrons. The van der Waals surface area contributed by atoms with Crippen LogP contribution in [0.25, 0.3) is 0 Å². The molecule has 0 amide bonds. The van der Waals surface area contributed by atoms with Crippen LogP contribution in [-0.4, -0.2) is 30.3 Å². The summed E-state index contributed by atoms with van der Waals surface area (Å²) in [4.78, 5) is 10.9.